The summed E-state index contributed by atoms with van der Waals surface area (Å²) in [5.41, 5.74) is 1.12. The zero-order valence-electron chi connectivity index (χ0n) is 10.4. The molecular formula is C14H14Br2ClNO. The van der Waals surface area contributed by atoms with Gasteiger partial charge in [-0.15, -0.1) is 0 Å². The number of benzene rings is 1. The molecule has 0 saturated heterocycles. The van der Waals surface area contributed by atoms with E-state index in [1.807, 2.05) is 30.3 Å². The van der Waals surface area contributed by atoms with Crippen molar-refractivity contribution in [1.82, 2.24) is 5.32 Å². The minimum atomic E-state index is 0.0276. The first kappa shape index (κ1) is 15.1. The SMILES string of the molecule is CCCNC(c1ccc(Cl)c(Br)c1)c1ccc(Br)o1. The van der Waals surface area contributed by atoms with Crippen LogP contribution in [0.2, 0.25) is 5.02 Å². The first-order valence-electron chi connectivity index (χ1n) is 6.05. The Hall–Kier alpha value is -0.290. The van der Waals surface area contributed by atoms with E-state index in [1.165, 1.54) is 0 Å². The molecule has 0 aliphatic rings. The fourth-order valence-corrected chi connectivity index (χ4v) is 2.68. The van der Waals surface area contributed by atoms with E-state index >= 15 is 0 Å². The molecule has 0 fully saturated rings. The van der Waals surface area contributed by atoms with Crippen LogP contribution in [0.25, 0.3) is 0 Å². The second kappa shape index (κ2) is 6.93. The Kier molecular flexibility index (Phi) is 5.51. The Balaban J connectivity index is 2.33. The molecule has 0 amide bonds. The van der Waals surface area contributed by atoms with Crippen molar-refractivity contribution in [2.24, 2.45) is 0 Å². The zero-order valence-corrected chi connectivity index (χ0v) is 14.3. The molecule has 2 aromatic rings. The van der Waals surface area contributed by atoms with Gasteiger partial charge in [0.15, 0.2) is 4.67 Å². The van der Waals surface area contributed by atoms with Crippen molar-refractivity contribution in [2.45, 2.75) is 19.4 Å². The summed E-state index contributed by atoms with van der Waals surface area (Å²) in [6.45, 7) is 3.06. The largest absolute Gasteiger partial charge is 0.452 e. The number of halogens is 3. The molecule has 2 rings (SSSR count). The van der Waals surface area contributed by atoms with Crippen molar-refractivity contribution < 1.29 is 4.42 Å². The molecule has 1 atom stereocenters. The molecule has 0 radical (unpaired) electrons. The molecule has 1 aromatic carbocycles. The quantitative estimate of drug-likeness (QED) is 0.703. The van der Waals surface area contributed by atoms with E-state index in [1.54, 1.807) is 0 Å². The molecule has 0 bridgehead atoms. The molecule has 19 heavy (non-hydrogen) atoms. The molecule has 0 aliphatic heterocycles. The first-order valence-corrected chi connectivity index (χ1v) is 8.01. The highest BCUT2D eigenvalue weighted by molar-refractivity contribution is 9.10. The zero-order chi connectivity index (χ0) is 13.8. The maximum Gasteiger partial charge on any atom is 0.169 e. The van der Waals surface area contributed by atoms with E-state index in [9.17, 15) is 0 Å². The van der Waals surface area contributed by atoms with Gasteiger partial charge in [0.1, 0.15) is 5.76 Å². The molecular weight excluding hydrogens is 393 g/mol. The summed E-state index contributed by atoms with van der Waals surface area (Å²) < 4.78 is 7.30. The second-order valence-electron chi connectivity index (χ2n) is 4.20. The van der Waals surface area contributed by atoms with E-state index in [0.29, 0.717) is 5.02 Å². The molecule has 0 aliphatic carbocycles. The van der Waals surface area contributed by atoms with Crippen LogP contribution in [0.1, 0.15) is 30.7 Å². The molecule has 0 spiro atoms. The third-order valence-corrected chi connectivity index (χ3v) is 4.39. The Labute approximate surface area is 134 Å². The Morgan fingerprint density at radius 1 is 1.26 bits per heavy atom. The normalized spacial score (nSPS) is 12.6. The van der Waals surface area contributed by atoms with E-state index in [2.05, 4.69) is 44.1 Å². The number of furan rings is 1. The minimum Gasteiger partial charge on any atom is -0.452 e. The summed E-state index contributed by atoms with van der Waals surface area (Å²) in [4.78, 5) is 0. The van der Waals surface area contributed by atoms with Crippen LogP contribution in [-0.4, -0.2) is 6.54 Å². The van der Waals surface area contributed by atoms with Gasteiger partial charge in [0.25, 0.3) is 0 Å². The molecule has 5 heteroatoms. The smallest absolute Gasteiger partial charge is 0.169 e. The lowest BCUT2D eigenvalue weighted by atomic mass is 10.0. The minimum absolute atomic E-state index is 0.0276. The van der Waals surface area contributed by atoms with E-state index in [-0.39, 0.29) is 6.04 Å². The summed E-state index contributed by atoms with van der Waals surface area (Å²) in [7, 11) is 0. The highest BCUT2D eigenvalue weighted by atomic mass is 79.9. The van der Waals surface area contributed by atoms with Crippen molar-refractivity contribution in [3.63, 3.8) is 0 Å². The predicted octanol–water partition coefficient (Wildman–Crippen LogP) is 5.55. The fourth-order valence-electron chi connectivity index (χ4n) is 1.85. The summed E-state index contributed by atoms with van der Waals surface area (Å²) in [6, 6.07) is 9.82. The maximum absolute atomic E-state index is 6.04. The molecule has 1 N–H and O–H groups in total. The van der Waals surface area contributed by atoms with Crippen LogP contribution in [0, 0.1) is 0 Å². The Bertz CT molecular complexity index is 556. The third-order valence-electron chi connectivity index (χ3n) is 2.75. The summed E-state index contributed by atoms with van der Waals surface area (Å²) in [5, 5.41) is 4.19. The standard InChI is InChI=1S/C14H14Br2ClNO/c1-2-7-18-14(12-5-6-13(16)19-12)9-3-4-11(17)10(15)8-9/h3-6,8,14,18H,2,7H2,1H3. The predicted molar refractivity (Wildman–Crippen MR) is 85.7 cm³/mol. The van der Waals surface area contributed by atoms with Gasteiger partial charge in [0, 0.05) is 4.47 Å². The average Bonchev–Trinajstić information content (AvgIpc) is 2.80. The van der Waals surface area contributed by atoms with Gasteiger partial charge < -0.3 is 9.73 Å². The first-order chi connectivity index (χ1) is 9.11. The van der Waals surface area contributed by atoms with Crippen LogP contribution in [0.4, 0.5) is 0 Å². The van der Waals surface area contributed by atoms with Gasteiger partial charge in [-0.25, -0.2) is 0 Å². The number of nitrogens with one attached hydrogen (secondary N) is 1. The summed E-state index contributed by atoms with van der Waals surface area (Å²) in [6.07, 6.45) is 1.06. The van der Waals surface area contributed by atoms with Crippen LogP contribution < -0.4 is 5.32 Å². The van der Waals surface area contributed by atoms with E-state index < -0.39 is 0 Å². The van der Waals surface area contributed by atoms with Crippen molar-refractivity contribution in [1.29, 1.82) is 0 Å². The van der Waals surface area contributed by atoms with Crippen LogP contribution in [0.5, 0.6) is 0 Å². The van der Waals surface area contributed by atoms with Crippen molar-refractivity contribution >= 4 is 43.5 Å². The van der Waals surface area contributed by atoms with Crippen LogP contribution >= 0.6 is 43.5 Å². The average molecular weight is 408 g/mol. The van der Waals surface area contributed by atoms with Crippen LogP contribution in [-0.2, 0) is 0 Å². The summed E-state index contributed by atoms with van der Waals surface area (Å²) >= 11 is 12.8. The molecule has 102 valence electrons. The fraction of sp³-hybridized carbons (Fsp3) is 0.286. The number of rotatable bonds is 5. The van der Waals surface area contributed by atoms with Gasteiger partial charge in [-0.1, -0.05) is 24.6 Å². The lowest BCUT2D eigenvalue weighted by Gasteiger charge is -2.17. The van der Waals surface area contributed by atoms with Crippen molar-refractivity contribution in [2.75, 3.05) is 6.54 Å². The van der Waals surface area contributed by atoms with Crippen LogP contribution in [0.3, 0.4) is 0 Å². The second-order valence-corrected chi connectivity index (χ2v) is 6.25. The Morgan fingerprint density at radius 3 is 2.63 bits per heavy atom. The van der Waals surface area contributed by atoms with Gasteiger partial charge in [0.2, 0.25) is 0 Å². The highest BCUT2D eigenvalue weighted by Crippen LogP contribution is 2.30. The van der Waals surface area contributed by atoms with E-state index in [0.717, 1.165) is 33.4 Å². The van der Waals surface area contributed by atoms with Gasteiger partial charge in [-0.2, -0.15) is 0 Å². The summed E-state index contributed by atoms with van der Waals surface area (Å²) in [5.74, 6) is 0.884. The lowest BCUT2D eigenvalue weighted by molar-refractivity contribution is 0.433. The molecule has 2 nitrogen and oxygen atoms in total. The molecule has 0 saturated carbocycles. The van der Waals surface area contributed by atoms with Gasteiger partial charge in [-0.3, -0.25) is 0 Å². The topological polar surface area (TPSA) is 25.2 Å². The molecule has 1 unspecified atom stereocenters. The Morgan fingerprint density at radius 2 is 2.05 bits per heavy atom. The third kappa shape index (κ3) is 3.85. The van der Waals surface area contributed by atoms with E-state index in [4.69, 9.17) is 16.0 Å². The van der Waals surface area contributed by atoms with Crippen molar-refractivity contribution in [3.05, 3.63) is 55.8 Å². The number of hydrogen-bond acceptors (Lipinski definition) is 2. The van der Waals surface area contributed by atoms with Gasteiger partial charge >= 0.3 is 0 Å². The van der Waals surface area contributed by atoms with Crippen LogP contribution in [0.15, 0.2) is 43.9 Å². The van der Waals surface area contributed by atoms with Crippen molar-refractivity contribution in [3.8, 4) is 0 Å². The lowest BCUT2D eigenvalue weighted by Crippen LogP contribution is -2.22. The monoisotopic (exact) mass is 405 g/mol. The maximum atomic E-state index is 6.04. The molecule has 1 heterocycles. The van der Waals surface area contributed by atoms with Gasteiger partial charge in [-0.05, 0) is 74.7 Å². The van der Waals surface area contributed by atoms with Gasteiger partial charge in [0.05, 0.1) is 11.1 Å². The number of hydrogen-bond donors (Lipinski definition) is 1. The highest BCUT2D eigenvalue weighted by Gasteiger charge is 2.17. The molecule has 1 aromatic heterocycles.